The van der Waals surface area contributed by atoms with E-state index in [4.69, 9.17) is 0 Å². The number of carbonyl (C=O) groups excluding carboxylic acids is 1. The number of aryl methyl sites for hydroxylation is 1. The third-order valence-corrected chi connectivity index (χ3v) is 2.35. The molecule has 0 spiro atoms. The highest BCUT2D eigenvalue weighted by atomic mass is 16.6. The average molecular weight is 265 g/mol. The van der Waals surface area contributed by atoms with Crippen LogP contribution in [-0.2, 0) is 6.42 Å². The molecule has 19 heavy (non-hydrogen) atoms. The molecule has 2 heterocycles. The molecule has 2 aromatic heterocycles. The fourth-order valence-corrected chi connectivity index (χ4v) is 1.44. The maximum Gasteiger partial charge on any atom is 0.465 e. The Labute approximate surface area is 107 Å². The Balaban J connectivity index is 2.35. The second kappa shape index (κ2) is 5.33. The Morgan fingerprint density at radius 1 is 1.53 bits per heavy atom. The number of nitro groups is 1. The molecule has 0 unspecified atom stereocenters. The van der Waals surface area contributed by atoms with Crippen molar-refractivity contribution >= 4 is 12.0 Å². The van der Waals surface area contributed by atoms with Crippen LogP contribution in [0.3, 0.4) is 0 Å². The fraction of sp³-hybridized carbons (Fsp3) is 0.444. The van der Waals surface area contributed by atoms with Gasteiger partial charge in [0.05, 0.1) is 0 Å². The van der Waals surface area contributed by atoms with Crippen LogP contribution in [0.1, 0.15) is 25.6 Å². The summed E-state index contributed by atoms with van der Waals surface area (Å²) in [5, 5.41) is 18.3. The van der Waals surface area contributed by atoms with Crippen molar-refractivity contribution < 1.29 is 9.72 Å². The van der Waals surface area contributed by atoms with Crippen LogP contribution in [0.4, 0.5) is 10.7 Å². The zero-order chi connectivity index (χ0) is 13.8. The van der Waals surface area contributed by atoms with Crippen molar-refractivity contribution in [2.75, 3.05) is 0 Å². The van der Waals surface area contributed by atoms with Gasteiger partial charge in [0, 0.05) is 6.42 Å². The standard InChI is InChI=1S/C9H11N7O3/c1-2-3-4-7-12-8(16(18)19)15(13-7)9(17)14-6-10-5-11-14/h5-6H,2-4H2,1H3. The smallest absolute Gasteiger partial charge is 0.390 e. The van der Waals surface area contributed by atoms with Gasteiger partial charge in [0.2, 0.25) is 5.82 Å². The van der Waals surface area contributed by atoms with E-state index >= 15 is 0 Å². The lowest BCUT2D eigenvalue weighted by Crippen LogP contribution is -2.22. The summed E-state index contributed by atoms with van der Waals surface area (Å²) in [7, 11) is 0. The molecule has 0 aromatic carbocycles. The Morgan fingerprint density at radius 3 is 2.89 bits per heavy atom. The van der Waals surface area contributed by atoms with Gasteiger partial charge in [-0.05, 0) is 21.0 Å². The van der Waals surface area contributed by atoms with Crippen molar-refractivity contribution in [2.45, 2.75) is 26.2 Å². The largest absolute Gasteiger partial charge is 0.465 e. The van der Waals surface area contributed by atoms with Gasteiger partial charge in [0.15, 0.2) is 0 Å². The third kappa shape index (κ3) is 2.61. The Morgan fingerprint density at radius 2 is 2.32 bits per heavy atom. The number of carbonyl (C=O) groups is 1. The first kappa shape index (κ1) is 12.8. The van der Waals surface area contributed by atoms with E-state index in [1.165, 1.54) is 0 Å². The zero-order valence-corrected chi connectivity index (χ0v) is 10.1. The molecule has 0 amide bonds. The van der Waals surface area contributed by atoms with E-state index in [1.54, 1.807) is 0 Å². The van der Waals surface area contributed by atoms with E-state index < -0.39 is 16.9 Å². The molecule has 100 valence electrons. The molecule has 0 aliphatic heterocycles. The van der Waals surface area contributed by atoms with Crippen LogP contribution in [0.2, 0.25) is 0 Å². The highest BCUT2D eigenvalue weighted by Crippen LogP contribution is 2.10. The lowest BCUT2D eigenvalue weighted by atomic mass is 10.2. The monoisotopic (exact) mass is 265 g/mol. The molecule has 0 aliphatic carbocycles. The predicted molar refractivity (Wildman–Crippen MR) is 61.5 cm³/mol. The summed E-state index contributed by atoms with van der Waals surface area (Å²) in [6.07, 6.45) is 4.46. The summed E-state index contributed by atoms with van der Waals surface area (Å²) in [6.45, 7) is 1.98. The van der Waals surface area contributed by atoms with Crippen LogP contribution in [0, 0.1) is 10.1 Å². The van der Waals surface area contributed by atoms with Crippen LogP contribution < -0.4 is 0 Å². The number of hydrogen-bond donors (Lipinski definition) is 0. The summed E-state index contributed by atoms with van der Waals surface area (Å²) in [5.41, 5.74) is 0. The summed E-state index contributed by atoms with van der Waals surface area (Å²) in [4.78, 5) is 29.4. The molecule has 2 aromatic rings. The first-order valence-electron chi connectivity index (χ1n) is 5.63. The topological polar surface area (TPSA) is 122 Å². The van der Waals surface area contributed by atoms with Crippen LogP contribution in [0.5, 0.6) is 0 Å². The van der Waals surface area contributed by atoms with Crippen molar-refractivity contribution in [2.24, 2.45) is 0 Å². The SMILES string of the molecule is CCCCc1nc([N+](=O)[O-])n(C(=O)n2cncn2)n1. The van der Waals surface area contributed by atoms with Gasteiger partial charge >= 0.3 is 12.0 Å². The van der Waals surface area contributed by atoms with Gasteiger partial charge in [0.25, 0.3) is 0 Å². The van der Waals surface area contributed by atoms with Gasteiger partial charge in [-0.25, -0.2) is 9.78 Å². The van der Waals surface area contributed by atoms with E-state index in [2.05, 4.69) is 20.2 Å². The molecule has 10 heteroatoms. The van der Waals surface area contributed by atoms with Crippen molar-refractivity contribution in [1.29, 1.82) is 0 Å². The highest BCUT2D eigenvalue weighted by Gasteiger charge is 2.28. The van der Waals surface area contributed by atoms with E-state index in [0.29, 0.717) is 11.1 Å². The van der Waals surface area contributed by atoms with E-state index in [-0.39, 0.29) is 5.82 Å². The summed E-state index contributed by atoms with van der Waals surface area (Å²) < 4.78 is 1.48. The summed E-state index contributed by atoms with van der Waals surface area (Å²) >= 11 is 0. The quantitative estimate of drug-likeness (QED) is 0.587. The zero-order valence-electron chi connectivity index (χ0n) is 10.1. The van der Waals surface area contributed by atoms with Crippen LogP contribution in [0.25, 0.3) is 0 Å². The molecular weight excluding hydrogens is 254 g/mol. The van der Waals surface area contributed by atoms with Crippen LogP contribution >= 0.6 is 0 Å². The van der Waals surface area contributed by atoms with Gasteiger partial charge in [0.1, 0.15) is 12.7 Å². The van der Waals surface area contributed by atoms with Crippen molar-refractivity contribution in [3.63, 3.8) is 0 Å². The molecule has 2 rings (SSSR count). The van der Waals surface area contributed by atoms with E-state index in [1.807, 2.05) is 6.92 Å². The summed E-state index contributed by atoms with van der Waals surface area (Å²) in [6, 6.07) is -0.792. The van der Waals surface area contributed by atoms with Crippen LogP contribution in [0.15, 0.2) is 12.7 Å². The number of aromatic nitrogens is 6. The Bertz CT molecular complexity index is 589. The molecular formula is C9H11N7O3. The van der Waals surface area contributed by atoms with Gasteiger partial charge in [-0.2, -0.15) is 4.68 Å². The Hall–Kier alpha value is -2.65. The van der Waals surface area contributed by atoms with Gasteiger partial charge < -0.3 is 10.1 Å². The molecule has 0 aliphatic rings. The molecule has 0 N–H and O–H groups in total. The van der Waals surface area contributed by atoms with Crippen LogP contribution in [-0.4, -0.2) is 40.5 Å². The van der Waals surface area contributed by atoms with E-state index in [0.717, 1.165) is 30.2 Å². The average Bonchev–Trinajstić information content (AvgIpc) is 3.04. The second-order valence-electron chi connectivity index (χ2n) is 3.72. The lowest BCUT2D eigenvalue weighted by Gasteiger charge is -1.95. The number of rotatable bonds is 4. The molecule has 0 bridgehead atoms. The first-order chi connectivity index (χ1) is 9.13. The van der Waals surface area contributed by atoms with Gasteiger partial charge in [-0.1, -0.05) is 18.4 Å². The summed E-state index contributed by atoms with van der Waals surface area (Å²) in [5.74, 6) is -0.353. The molecule has 0 radical (unpaired) electrons. The maximum atomic E-state index is 11.9. The number of nitrogens with zero attached hydrogens (tertiary/aromatic N) is 7. The normalized spacial score (nSPS) is 10.6. The van der Waals surface area contributed by atoms with Crippen molar-refractivity contribution in [3.05, 3.63) is 28.6 Å². The minimum absolute atomic E-state index is 0.266. The van der Waals surface area contributed by atoms with Crippen molar-refractivity contribution in [1.82, 2.24) is 29.5 Å². The Kier molecular flexibility index (Phi) is 3.59. The highest BCUT2D eigenvalue weighted by molar-refractivity contribution is 5.78. The number of hydrogen-bond acceptors (Lipinski definition) is 7. The molecule has 0 saturated carbocycles. The predicted octanol–water partition coefficient (Wildman–Crippen LogP) is 0.637. The lowest BCUT2D eigenvalue weighted by molar-refractivity contribution is -0.395. The fourth-order valence-electron chi connectivity index (χ4n) is 1.44. The third-order valence-electron chi connectivity index (χ3n) is 2.35. The van der Waals surface area contributed by atoms with Gasteiger partial charge in [-0.3, -0.25) is 0 Å². The van der Waals surface area contributed by atoms with E-state index in [9.17, 15) is 14.9 Å². The molecule has 10 nitrogen and oxygen atoms in total. The van der Waals surface area contributed by atoms with Crippen molar-refractivity contribution in [3.8, 4) is 0 Å². The molecule has 0 saturated heterocycles. The van der Waals surface area contributed by atoms with Gasteiger partial charge in [-0.15, -0.1) is 5.10 Å². The molecule has 0 fully saturated rings. The minimum atomic E-state index is -0.792. The maximum absolute atomic E-state index is 11.9. The first-order valence-corrected chi connectivity index (χ1v) is 5.63. The molecule has 0 atom stereocenters. The minimum Gasteiger partial charge on any atom is -0.390 e. The number of unbranched alkanes of at least 4 members (excludes halogenated alkanes) is 1. The second-order valence-corrected chi connectivity index (χ2v) is 3.72.